The third-order valence-electron chi connectivity index (χ3n) is 6.55. The fourth-order valence-electron chi connectivity index (χ4n) is 4.26. The maximum atomic E-state index is 15.5. The van der Waals surface area contributed by atoms with Crippen LogP contribution in [0.3, 0.4) is 0 Å². The normalized spacial score (nSPS) is 11.5. The van der Waals surface area contributed by atoms with Crippen LogP contribution in [0.15, 0.2) is 24.3 Å². The number of benzene rings is 2. The predicted octanol–water partition coefficient (Wildman–Crippen LogP) is 6.15. The first-order valence-corrected chi connectivity index (χ1v) is 16.8. The second-order valence-electron chi connectivity index (χ2n) is 9.60. The molecule has 2 N–H and O–H groups in total. The summed E-state index contributed by atoms with van der Waals surface area (Å²) in [7, 11) is -0.467. The van der Waals surface area contributed by atoms with E-state index >= 15 is 8.78 Å². The average molecular weight is 687 g/mol. The van der Waals surface area contributed by atoms with Gasteiger partial charge in [-0.25, -0.2) is 8.78 Å². The minimum absolute atomic E-state index is 0.0449. The molecule has 0 spiro atoms. The van der Waals surface area contributed by atoms with Gasteiger partial charge in [-0.05, 0) is 12.1 Å². The molecule has 0 saturated heterocycles. The van der Waals surface area contributed by atoms with E-state index in [0.717, 1.165) is 22.7 Å². The van der Waals surface area contributed by atoms with Crippen molar-refractivity contribution in [3.05, 3.63) is 45.7 Å². The lowest BCUT2D eigenvalue weighted by Gasteiger charge is -2.14. The number of Topliss-reactive ketones (excluding diaryl/α,β-unsaturated/α-hetero) is 2. The van der Waals surface area contributed by atoms with Crippen molar-refractivity contribution in [2.45, 2.75) is 25.7 Å². The van der Waals surface area contributed by atoms with E-state index < -0.39 is 37.1 Å². The second-order valence-corrected chi connectivity index (χ2v) is 13.5. The Kier molecular flexibility index (Phi) is 11.2. The van der Waals surface area contributed by atoms with E-state index in [2.05, 4.69) is 4.74 Å². The first kappa shape index (κ1) is 34.3. The number of thiophene rings is 2. The van der Waals surface area contributed by atoms with Crippen molar-refractivity contribution in [2.24, 2.45) is 0 Å². The Balaban J connectivity index is 1.42. The van der Waals surface area contributed by atoms with Gasteiger partial charge in [0.2, 0.25) is 0 Å². The molecule has 16 heteroatoms. The fraction of sp³-hybridized carbons (Fsp3) is 0.345. The Morgan fingerprint density at radius 3 is 1.64 bits per heavy atom. The topological polar surface area (TPSA) is 155 Å². The lowest BCUT2D eigenvalue weighted by Crippen LogP contribution is -2.08. The molecule has 11 nitrogen and oxygen atoms in total. The minimum Gasteiger partial charge on any atom is -0.493 e. The lowest BCUT2D eigenvalue weighted by molar-refractivity contribution is -0.140. The van der Waals surface area contributed by atoms with Crippen LogP contribution < -0.4 is 18.9 Å². The molecule has 4 rings (SSSR count). The van der Waals surface area contributed by atoms with Crippen LogP contribution in [0.4, 0.5) is 8.78 Å². The SMILES string of the molecule is COC(=O)CCC(=O)c1cc2c(F)c(OCCCOc3c(OC)cc4sc(C(=O)CCP(=O)(O)O)cc4c3F)c(OC)cc2s1. The third kappa shape index (κ3) is 8.16. The first-order chi connectivity index (χ1) is 21.4. The molecule has 242 valence electrons. The molecular weight excluding hydrogens is 657 g/mol. The maximum Gasteiger partial charge on any atom is 0.326 e. The minimum atomic E-state index is -4.36. The molecule has 0 aliphatic rings. The number of methoxy groups -OCH3 is 3. The molecule has 2 heterocycles. The van der Waals surface area contributed by atoms with Gasteiger partial charge < -0.3 is 33.5 Å². The highest BCUT2D eigenvalue weighted by atomic mass is 32.1. The van der Waals surface area contributed by atoms with Crippen LogP contribution in [-0.4, -0.2) is 68.0 Å². The standard InChI is InChI=1S/C29H29F2O11PS2/c1-38-19-13-21-15(11-23(44-21)17(32)5-6-25(34)40-3)26(30)28(19)41-8-4-9-42-29-20(39-2)14-22-16(27(29)31)12-24(45-22)18(33)7-10-43(35,36)37/h11-14H,4-10H2,1-3H3,(H2,35,36,37). The Morgan fingerprint density at radius 2 is 1.22 bits per heavy atom. The smallest absolute Gasteiger partial charge is 0.326 e. The van der Waals surface area contributed by atoms with E-state index in [1.54, 1.807) is 6.07 Å². The molecule has 0 amide bonds. The number of hydrogen-bond acceptors (Lipinski definition) is 11. The zero-order chi connectivity index (χ0) is 32.9. The summed E-state index contributed by atoms with van der Waals surface area (Å²) in [4.78, 5) is 54.8. The van der Waals surface area contributed by atoms with Gasteiger partial charge in [-0.2, -0.15) is 0 Å². The third-order valence-corrected chi connectivity index (χ3v) is 9.60. The molecule has 0 radical (unpaired) electrons. The van der Waals surface area contributed by atoms with Gasteiger partial charge >= 0.3 is 13.6 Å². The maximum absolute atomic E-state index is 15.5. The van der Waals surface area contributed by atoms with Crippen molar-refractivity contribution in [2.75, 3.05) is 40.7 Å². The lowest BCUT2D eigenvalue weighted by atomic mass is 10.1. The van der Waals surface area contributed by atoms with E-state index in [-0.39, 0.29) is 88.2 Å². The Bertz CT molecular complexity index is 1790. The average Bonchev–Trinajstić information content (AvgIpc) is 3.64. The van der Waals surface area contributed by atoms with Crippen molar-refractivity contribution in [3.63, 3.8) is 0 Å². The largest absolute Gasteiger partial charge is 0.493 e. The summed E-state index contributed by atoms with van der Waals surface area (Å²) < 4.78 is 69.3. The summed E-state index contributed by atoms with van der Waals surface area (Å²) in [5.74, 6) is -3.07. The zero-order valence-electron chi connectivity index (χ0n) is 24.3. The van der Waals surface area contributed by atoms with E-state index in [1.807, 2.05) is 0 Å². The number of ketones is 2. The van der Waals surface area contributed by atoms with Crippen LogP contribution in [-0.2, 0) is 14.1 Å². The summed E-state index contributed by atoms with van der Waals surface area (Å²) in [5.41, 5.74) is 0. The van der Waals surface area contributed by atoms with E-state index in [0.29, 0.717) is 9.40 Å². The summed E-state index contributed by atoms with van der Waals surface area (Å²) in [6, 6.07) is 5.75. The van der Waals surface area contributed by atoms with Crippen LogP contribution in [0.5, 0.6) is 23.0 Å². The zero-order valence-corrected chi connectivity index (χ0v) is 26.9. The van der Waals surface area contributed by atoms with Gasteiger partial charge in [0, 0.05) is 51.6 Å². The van der Waals surface area contributed by atoms with Gasteiger partial charge in [-0.1, -0.05) is 0 Å². The molecule has 4 aromatic rings. The number of rotatable bonds is 16. The van der Waals surface area contributed by atoms with Crippen LogP contribution in [0, 0.1) is 11.6 Å². The molecule has 0 saturated carbocycles. The number of halogens is 2. The van der Waals surface area contributed by atoms with Crippen LogP contribution in [0.1, 0.15) is 45.0 Å². The van der Waals surface area contributed by atoms with Crippen molar-refractivity contribution < 1.29 is 61.2 Å². The number of fused-ring (bicyclic) bond motifs is 2. The summed E-state index contributed by atoms with van der Waals surface area (Å²) in [5, 5.41) is 0.245. The van der Waals surface area contributed by atoms with Gasteiger partial charge in [0.1, 0.15) is 0 Å². The van der Waals surface area contributed by atoms with Gasteiger partial charge in [0.05, 0.1) is 56.9 Å². The summed E-state index contributed by atoms with van der Waals surface area (Å²) in [6.45, 7) is -0.100. The molecule has 0 aliphatic heterocycles. The highest BCUT2D eigenvalue weighted by molar-refractivity contribution is 7.51. The molecular formula is C29H29F2O11PS2. The summed E-state index contributed by atoms with van der Waals surface area (Å²) >= 11 is 2.03. The highest BCUT2D eigenvalue weighted by Crippen LogP contribution is 2.42. The second kappa shape index (κ2) is 14.6. The van der Waals surface area contributed by atoms with Gasteiger partial charge in [-0.15, -0.1) is 22.7 Å². The van der Waals surface area contributed by atoms with E-state index in [1.165, 1.54) is 39.5 Å². The van der Waals surface area contributed by atoms with Gasteiger partial charge in [0.25, 0.3) is 0 Å². The Morgan fingerprint density at radius 1 is 0.756 bits per heavy atom. The first-order valence-electron chi connectivity index (χ1n) is 13.4. The monoisotopic (exact) mass is 686 g/mol. The fourth-order valence-corrected chi connectivity index (χ4v) is 6.87. The molecule has 2 aromatic carbocycles. The summed E-state index contributed by atoms with van der Waals surface area (Å²) in [6.07, 6.45) is -0.979. The quantitative estimate of drug-likeness (QED) is 0.0604. The van der Waals surface area contributed by atoms with Crippen LogP contribution in [0.25, 0.3) is 20.2 Å². The molecule has 0 atom stereocenters. The molecule has 0 aliphatic carbocycles. The van der Waals surface area contributed by atoms with Crippen LogP contribution >= 0.6 is 30.3 Å². The van der Waals surface area contributed by atoms with Gasteiger partial charge in [-0.3, -0.25) is 18.9 Å². The van der Waals surface area contributed by atoms with E-state index in [9.17, 15) is 18.9 Å². The number of ether oxygens (including phenoxy) is 5. The van der Waals surface area contributed by atoms with Gasteiger partial charge in [0.15, 0.2) is 46.2 Å². The van der Waals surface area contributed by atoms with E-state index in [4.69, 9.17) is 28.7 Å². The predicted molar refractivity (Wildman–Crippen MR) is 164 cm³/mol. The van der Waals surface area contributed by atoms with Crippen LogP contribution in [0.2, 0.25) is 0 Å². The molecule has 0 bridgehead atoms. The number of carbonyl (C=O) groups is 3. The van der Waals surface area contributed by atoms with Crippen molar-refractivity contribution >= 4 is 68.0 Å². The Labute approximate surface area is 263 Å². The van der Waals surface area contributed by atoms with Crippen molar-refractivity contribution in [1.29, 1.82) is 0 Å². The Hall–Kier alpha value is -3.62. The molecule has 0 unspecified atom stereocenters. The molecule has 0 fully saturated rings. The molecule has 2 aromatic heterocycles. The number of carbonyl (C=O) groups excluding carboxylic acids is 3. The van der Waals surface area contributed by atoms with Crippen molar-refractivity contribution in [1.82, 2.24) is 0 Å². The highest BCUT2D eigenvalue weighted by Gasteiger charge is 2.23. The number of hydrogen-bond donors (Lipinski definition) is 2. The van der Waals surface area contributed by atoms with Crippen molar-refractivity contribution in [3.8, 4) is 23.0 Å². The molecule has 45 heavy (non-hydrogen) atoms. The number of esters is 1.